The molecule has 0 saturated carbocycles. The van der Waals surface area contributed by atoms with E-state index >= 15 is 0 Å². The first-order valence-electron chi connectivity index (χ1n) is 5.05. The molecule has 3 N–H and O–H groups in total. The van der Waals surface area contributed by atoms with Crippen LogP contribution in [0.5, 0.6) is 0 Å². The van der Waals surface area contributed by atoms with E-state index in [0.717, 1.165) is 24.5 Å². The second-order valence-corrected chi connectivity index (χ2v) is 6.00. The van der Waals surface area contributed by atoms with E-state index in [1.807, 2.05) is 0 Å². The average Bonchev–Trinajstić information content (AvgIpc) is 2.37. The maximum absolute atomic E-state index is 13.1. The molecule has 0 amide bonds. The fraction of sp³-hybridized carbons (Fsp3) is 0. The molecule has 1 heterocycles. The molecule has 2 rings (SSSR count). The zero-order valence-electron chi connectivity index (χ0n) is 9.64. The highest BCUT2D eigenvalue weighted by Gasteiger charge is 2.21. The number of halogens is 3. The summed E-state index contributed by atoms with van der Waals surface area (Å²) in [5.41, 5.74) is 5.40. The van der Waals surface area contributed by atoms with Gasteiger partial charge in [-0.1, -0.05) is 23.2 Å². The summed E-state index contributed by atoms with van der Waals surface area (Å²) in [5, 5.41) is -0.292. The number of nitrogen functional groups attached to an aromatic ring is 1. The molecule has 0 atom stereocenters. The second-order valence-electron chi connectivity index (χ2n) is 3.61. The van der Waals surface area contributed by atoms with Crippen molar-refractivity contribution in [2.24, 2.45) is 0 Å². The molecule has 0 unspecified atom stereocenters. The van der Waals surface area contributed by atoms with Crippen molar-refractivity contribution >= 4 is 44.7 Å². The molecule has 0 radical (unpaired) electrons. The van der Waals surface area contributed by atoms with Crippen LogP contribution in [0.25, 0.3) is 0 Å². The fourth-order valence-corrected chi connectivity index (χ4v) is 2.84. The lowest BCUT2D eigenvalue weighted by atomic mass is 10.3. The van der Waals surface area contributed by atoms with E-state index in [0.29, 0.717) is 0 Å². The van der Waals surface area contributed by atoms with Gasteiger partial charge >= 0.3 is 0 Å². The third kappa shape index (κ3) is 2.92. The maximum Gasteiger partial charge on any atom is 0.265 e. The predicted molar refractivity (Wildman–Crippen MR) is 73.7 cm³/mol. The van der Waals surface area contributed by atoms with Gasteiger partial charge in [-0.15, -0.1) is 0 Å². The molecule has 0 aliphatic rings. The van der Waals surface area contributed by atoms with E-state index in [-0.39, 0.29) is 21.7 Å². The highest BCUT2D eigenvalue weighted by Crippen LogP contribution is 2.28. The number of aromatic nitrogens is 2. The van der Waals surface area contributed by atoms with Crippen LogP contribution in [-0.2, 0) is 10.0 Å². The molecule has 0 aliphatic heterocycles. The first kappa shape index (κ1) is 14.8. The summed E-state index contributed by atoms with van der Waals surface area (Å²) >= 11 is 11.4. The molecule has 0 fully saturated rings. The Morgan fingerprint density at radius 1 is 1.25 bits per heavy atom. The Morgan fingerprint density at radius 2 is 1.95 bits per heavy atom. The van der Waals surface area contributed by atoms with Crippen LogP contribution in [-0.4, -0.2) is 18.4 Å². The topological polar surface area (TPSA) is 98.0 Å². The molecule has 0 aliphatic carbocycles. The summed E-state index contributed by atoms with van der Waals surface area (Å²) in [6.45, 7) is 0. The number of rotatable bonds is 3. The molecule has 0 bridgehead atoms. The van der Waals surface area contributed by atoms with Gasteiger partial charge in [-0.25, -0.2) is 22.8 Å². The monoisotopic (exact) mass is 336 g/mol. The summed E-state index contributed by atoms with van der Waals surface area (Å²) in [6.07, 6.45) is 1.03. The molecule has 0 spiro atoms. The minimum atomic E-state index is -4.15. The normalized spacial score (nSPS) is 11.3. The summed E-state index contributed by atoms with van der Waals surface area (Å²) in [7, 11) is -4.15. The van der Waals surface area contributed by atoms with Gasteiger partial charge < -0.3 is 5.73 Å². The molecular weight excluding hydrogens is 330 g/mol. The highest BCUT2D eigenvalue weighted by atomic mass is 35.5. The van der Waals surface area contributed by atoms with Crippen LogP contribution in [0, 0.1) is 5.82 Å². The van der Waals surface area contributed by atoms with Crippen molar-refractivity contribution < 1.29 is 12.8 Å². The van der Waals surface area contributed by atoms with Crippen molar-refractivity contribution in [3.8, 4) is 0 Å². The van der Waals surface area contributed by atoms with Crippen LogP contribution in [0.15, 0.2) is 29.4 Å². The Morgan fingerprint density at radius 3 is 2.65 bits per heavy atom. The molecule has 0 saturated heterocycles. The third-order valence-corrected chi connectivity index (χ3v) is 4.38. The van der Waals surface area contributed by atoms with Crippen LogP contribution in [0.1, 0.15) is 0 Å². The number of anilines is 2. The summed E-state index contributed by atoms with van der Waals surface area (Å²) in [5.74, 6) is -0.971. The molecule has 2 aromatic rings. The number of nitrogens with zero attached hydrogens (tertiary/aromatic N) is 2. The number of sulfonamides is 1. The van der Waals surface area contributed by atoms with Crippen LogP contribution >= 0.6 is 23.2 Å². The van der Waals surface area contributed by atoms with Gasteiger partial charge in [0.05, 0.1) is 5.69 Å². The smallest absolute Gasteiger partial charge is 0.265 e. The SMILES string of the molecule is Nc1ccc(F)cc1S(=O)(=O)Nc1ncnc(Cl)c1Cl. The number of hydrogen-bond acceptors (Lipinski definition) is 5. The average molecular weight is 337 g/mol. The fourth-order valence-electron chi connectivity index (χ4n) is 1.34. The lowest BCUT2D eigenvalue weighted by Crippen LogP contribution is -2.16. The zero-order chi connectivity index (χ0) is 14.9. The van der Waals surface area contributed by atoms with Gasteiger partial charge in [0.1, 0.15) is 22.1 Å². The lowest BCUT2D eigenvalue weighted by molar-refractivity contribution is 0.596. The summed E-state index contributed by atoms with van der Waals surface area (Å²) in [6, 6.07) is 2.97. The lowest BCUT2D eigenvalue weighted by Gasteiger charge is -2.10. The Kier molecular flexibility index (Phi) is 3.98. The van der Waals surface area contributed by atoms with E-state index < -0.39 is 20.7 Å². The molecule has 1 aromatic carbocycles. The molecular formula is C10H7Cl2FN4O2S. The first-order chi connectivity index (χ1) is 9.31. The standard InChI is InChI=1S/C10H7Cl2FN4O2S/c11-8-9(12)15-4-16-10(8)17-20(18,19)7-3-5(13)1-2-6(7)14/h1-4H,14H2,(H,15,16,17). The molecule has 106 valence electrons. The van der Waals surface area contributed by atoms with Crippen LogP contribution < -0.4 is 10.5 Å². The van der Waals surface area contributed by atoms with E-state index in [2.05, 4.69) is 14.7 Å². The number of nitrogens with one attached hydrogen (secondary N) is 1. The van der Waals surface area contributed by atoms with Crippen molar-refractivity contribution in [3.05, 3.63) is 40.5 Å². The van der Waals surface area contributed by atoms with Crippen molar-refractivity contribution in [2.45, 2.75) is 4.90 Å². The largest absolute Gasteiger partial charge is 0.398 e. The van der Waals surface area contributed by atoms with E-state index in [1.54, 1.807) is 0 Å². The third-order valence-electron chi connectivity index (χ3n) is 2.24. The minimum absolute atomic E-state index is 0.116. The second kappa shape index (κ2) is 5.39. The van der Waals surface area contributed by atoms with Crippen molar-refractivity contribution in [3.63, 3.8) is 0 Å². The number of benzene rings is 1. The van der Waals surface area contributed by atoms with Gasteiger partial charge in [0.15, 0.2) is 11.0 Å². The van der Waals surface area contributed by atoms with Crippen molar-refractivity contribution in [2.75, 3.05) is 10.5 Å². The van der Waals surface area contributed by atoms with E-state index in [1.165, 1.54) is 0 Å². The van der Waals surface area contributed by atoms with Gasteiger partial charge in [0, 0.05) is 0 Å². The number of nitrogens with two attached hydrogens (primary N) is 1. The zero-order valence-corrected chi connectivity index (χ0v) is 12.0. The highest BCUT2D eigenvalue weighted by molar-refractivity contribution is 7.92. The Hall–Kier alpha value is -1.64. The van der Waals surface area contributed by atoms with E-state index in [9.17, 15) is 12.8 Å². The first-order valence-corrected chi connectivity index (χ1v) is 7.29. The van der Waals surface area contributed by atoms with Gasteiger partial charge in [-0.2, -0.15) is 0 Å². The Labute approximate surface area is 123 Å². The van der Waals surface area contributed by atoms with Gasteiger partial charge in [-0.05, 0) is 18.2 Å². The molecule has 6 nitrogen and oxygen atoms in total. The van der Waals surface area contributed by atoms with Crippen molar-refractivity contribution in [1.82, 2.24) is 9.97 Å². The maximum atomic E-state index is 13.1. The number of hydrogen-bond donors (Lipinski definition) is 2. The Balaban J connectivity index is 2.46. The predicted octanol–water partition coefficient (Wildman–Crippen LogP) is 2.31. The quantitative estimate of drug-likeness (QED) is 0.662. The Bertz CT molecular complexity index is 770. The van der Waals surface area contributed by atoms with Crippen LogP contribution in [0.2, 0.25) is 10.2 Å². The van der Waals surface area contributed by atoms with Crippen molar-refractivity contribution in [1.29, 1.82) is 0 Å². The van der Waals surface area contributed by atoms with Gasteiger partial charge in [-0.3, -0.25) is 4.72 Å². The molecule has 10 heteroatoms. The van der Waals surface area contributed by atoms with E-state index in [4.69, 9.17) is 28.9 Å². The van der Waals surface area contributed by atoms with Crippen LogP contribution in [0.3, 0.4) is 0 Å². The summed E-state index contributed by atoms with van der Waals surface area (Å²) in [4.78, 5) is 6.80. The minimum Gasteiger partial charge on any atom is -0.398 e. The van der Waals surface area contributed by atoms with Gasteiger partial charge in [0.2, 0.25) is 0 Å². The van der Waals surface area contributed by atoms with Crippen LogP contribution in [0.4, 0.5) is 15.9 Å². The summed E-state index contributed by atoms with van der Waals surface area (Å²) < 4.78 is 39.4. The van der Waals surface area contributed by atoms with Gasteiger partial charge in [0.25, 0.3) is 10.0 Å². The molecule has 20 heavy (non-hydrogen) atoms. The molecule has 1 aromatic heterocycles.